The summed E-state index contributed by atoms with van der Waals surface area (Å²) in [5.41, 5.74) is 1.07. The summed E-state index contributed by atoms with van der Waals surface area (Å²) < 4.78 is 18.4. The number of aliphatic imine (C=N–C) groups is 1. The Morgan fingerprint density at radius 3 is 2.52 bits per heavy atom. The first kappa shape index (κ1) is 19.4. The van der Waals surface area contributed by atoms with Gasteiger partial charge in [0.15, 0.2) is 5.96 Å². The van der Waals surface area contributed by atoms with Gasteiger partial charge in [-0.1, -0.05) is 12.1 Å². The van der Waals surface area contributed by atoms with Gasteiger partial charge in [0.05, 0.1) is 6.04 Å². The molecule has 6 heteroatoms. The molecule has 0 aliphatic heterocycles. The Morgan fingerprint density at radius 2 is 1.96 bits per heavy atom. The fourth-order valence-corrected chi connectivity index (χ4v) is 2.22. The molecule has 1 rings (SSSR count). The van der Waals surface area contributed by atoms with Crippen molar-refractivity contribution < 1.29 is 9.13 Å². The van der Waals surface area contributed by atoms with E-state index in [0.29, 0.717) is 6.54 Å². The van der Waals surface area contributed by atoms with Crippen LogP contribution in [-0.2, 0) is 4.74 Å². The van der Waals surface area contributed by atoms with Crippen LogP contribution in [0.4, 0.5) is 4.39 Å². The lowest BCUT2D eigenvalue weighted by Crippen LogP contribution is -2.42. The van der Waals surface area contributed by atoms with E-state index in [0.717, 1.165) is 37.7 Å². The fourth-order valence-electron chi connectivity index (χ4n) is 2.22. The van der Waals surface area contributed by atoms with E-state index in [9.17, 15) is 4.39 Å². The molecule has 0 heterocycles. The molecule has 0 aliphatic carbocycles. The molecule has 0 spiro atoms. The number of likely N-dealkylation sites (N-methyl/N-ethyl adjacent to an activating group) is 1. The predicted octanol–water partition coefficient (Wildman–Crippen LogP) is 2.02. The first-order valence-corrected chi connectivity index (χ1v) is 8.02. The Balaban J connectivity index is 2.48. The van der Waals surface area contributed by atoms with Gasteiger partial charge in [0.25, 0.3) is 0 Å². The Kier molecular flexibility index (Phi) is 9.24. The van der Waals surface area contributed by atoms with Gasteiger partial charge in [-0.15, -0.1) is 0 Å². The van der Waals surface area contributed by atoms with Crippen LogP contribution in [0, 0.1) is 5.82 Å². The van der Waals surface area contributed by atoms with Crippen molar-refractivity contribution in [3.05, 3.63) is 35.6 Å². The molecule has 1 aromatic rings. The first-order chi connectivity index (χ1) is 11.1. The third-order valence-electron chi connectivity index (χ3n) is 3.53. The molecule has 1 atom stereocenters. The van der Waals surface area contributed by atoms with Crippen LogP contribution in [0.25, 0.3) is 0 Å². The van der Waals surface area contributed by atoms with E-state index in [1.54, 1.807) is 7.05 Å². The van der Waals surface area contributed by atoms with Crippen LogP contribution in [0.3, 0.4) is 0 Å². The van der Waals surface area contributed by atoms with Crippen molar-refractivity contribution in [2.45, 2.75) is 19.4 Å². The molecule has 0 saturated carbocycles. The van der Waals surface area contributed by atoms with Gasteiger partial charge in [-0.2, -0.15) is 0 Å². The van der Waals surface area contributed by atoms with Crippen molar-refractivity contribution in [2.24, 2.45) is 4.99 Å². The average Bonchev–Trinajstić information content (AvgIpc) is 2.54. The molecule has 0 amide bonds. The standard InChI is InChI=1S/C17H29FN4O/c1-5-23-12-6-11-20-17(19-2)21-13-16(22(3)4)14-7-9-15(18)10-8-14/h7-10,16H,5-6,11-13H2,1-4H3,(H2,19,20,21). The summed E-state index contributed by atoms with van der Waals surface area (Å²) in [5.74, 6) is 0.543. The molecule has 1 unspecified atom stereocenters. The topological polar surface area (TPSA) is 48.9 Å². The zero-order chi connectivity index (χ0) is 17.1. The monoisotopic (exact) mass is 324 g/mol. The summed E-state index contributed by atoms with van der Waals surface area (Å²) in [4.78, 5) is 6.32. The molecular formula is C17H29FN4O. The molecule has 0 bridgehead atoms. The molecule has 130 valence electrons. The molecule has 23 heavy (non-hydrogen) atoms. The third kappa shape index (κ3) is 7.43. The summed E-state index contributed by atoms with van der Waals surface area (Å²) in [7, 11) is 5.77. The van der Waals surface area contributed by atoms with Gasteiger partial charge in [-0.25, -0.2) is 4.39 Å². The van der Waals surface area contributed by atoms with Crippen LogP contribution in [-0.4, -0.2) is 58.3 Å². The maximum Gasteiger partial charge on any atom is 0.191 e. The van der Waals surface area contributed by atoms with Crippen molar-refractivity contribution >= 4 is 5.96 Å². The van der Waals surface area contributed by atoms with E-state index < -0.39 is 0 Å². The van der Waals surface area contributed by atoms with Gasteiger partial charge in [0, 0.05) is 33.4 Å². The number of hydrogen-bond acceptors (Lipinski definition) is 3. The van der Waals surface area contributed by atoms with E-state index >= 15 is 0 Å². The van der Waals surface area contributed by atoms with Crippen LogP contribution in [0.2, 0.25) is 0 Å². The minimum Gasteiger partial charge on any atom is -0.382 e. The van der Waals surface area contributed by atoms with Crippen molar-refractivity contribution in [3.63, 3.8) is 0 Å². The molecule has 0 aliphatic rings. The highest BCUT2D eigenvalue weighted by atomic mass is 19.1. The van der Waals surface area contributed by atoms with Gasteiger partial charge < -0.3 is 20.3 Å². The normalized spacial score (nSPS) is 13.2. The van der Waals surface area contributed by atoms with Crippen molar-refractivity contribution in [1.29, 1.82) is 0 Å². The number of nitrogens with zero attached hydrogens (tertiary/aromatic N) is 2. The quantitative estimate of drug-likeness (QED) is 0.414. The van der Waals surface area contributed by atoms with Crippen LogP contribution >= 0.6 is 0 Å². The zero-order valence-electron chi connectivity index (χ0n) is 14.6. The van der Waals surface area contributed by atoms with Gasteiger partial charge >= 0.3 is 0 Å². The number of guanidine groups is 1. The number of rotatable bonds is 9. The van der Waals surface area contributed by atoms with Crippen LogP contribution in [0.1, 0.15) is 24.9 Å². The van der Waals surface area contributed by atoms with Crippen molar-refractivity contribution in [3.8, 4) is 0 Å². The second-order valence-corrected chi connectivity index (χ2v) is 5.46. The summed E-state index contributed by atoms with van der Waals surface area (Å²) >= 11 is 0. The largest absolute Gasteiger partial charge is 0.382 e. The van der Waals surface area contributed by atoms with Gasteiger partial charge in [-0.3, -0.25) is 4.99 Å². The molecule has 5 nitrogen and oxygen atoms in total. The Hall–Kier alpha value is -1.66. The van der Waals surface area contributed by atoms with Crippen LogP contribution in [0.15, 0.2) is 29.3 Å². The second kappa shape index (κ2) is 11.0. The molecule has 0 saturated heterocycles. The number of halogens is 1. The Labute approximate surface area is 138 Å². The summed E-state index contributed by atoms with van der Waals surface area (Å²) in [6, 6.07) is 6.76. The van der Waals surface area contributed by atoms with Gasteiger partial charge in [0.1, 0.15) is 5.82 Å². The first-order valence-electron chi connectivity index (χ1n) is 8.02. The predicted molar refractivity (Wildman–Crippen MR) is 93.3 cm³/mol. The Bertz CT molecular complexity index is 462. The number of benzene rings is 1. The van der Waals surface area contributed by atoms with Crippen LogP contribution < -0.4 is 10.6 Å². The highest BCUT2D eigenvalue weighted by molar-refractivity contribution is 5.79. The maximum atomic E-state index is 13.1. The van der Waals surface area contributed by atoms with Crippen LogP contribution in [0.5, 0.6) is 0 Å². The average molecular weight is 324 g/mol. The van der Waals surface area contributed by atoms with Gasteiger partial charge in [-0.05, 0) is 45.1 Å². The highest BCUT2D eigenvalue weighted by Gasteiger charge is 2.14. The minimum atomic E-state index is -0.217. The SMILES string of the molecule is CCOCCCNC(=NC)NCC(c1ccc(F)cc1)N(C)C. The molecule has 0 fully saturated rings. The minimum absolute atomic E-state index is 0.137. The maximum absolute atomic E-state index is 13.1. The lowest BCUT2D eigenvalue weighted by atomic mass is 10.1. The molecule has 2 N–H and O–H groups in total. The molecule has 0 aromatic heterocycles. The number of ether oxygens (including phenoxy) is 1. The lowest BCUT2D eigenvalue weighted by molar-refractivity contribution is 0.145. The van der Waals surface area contributed by atoms with E-state index in [1.165, 1.54) is 12.1 Å². The fraction of sp³-hybridized carbons (Fsp3) is 0.588. The number of nitrogens with one attached hydrogen (secondary N) is 2. The van der Waals surface area contributed by atoms with E-state index in [-0.39, 0.29) is 11.9 Å². The van der Waals surface area contributed by atoms with E-state index in [2.05, 4.69) is 20.5 Å². The summed E-state index contributed by atoms with van der Waals surface area (Å²) in [6.45, 7) is 4.98. The Morgan fingerprint density at radius 1 is 1.26 bits per heavy atom. The lowest BCUT2D eigenvalue weighted by Gasteiger charge is -2.26. The van der Waals surface area contributed by atoms with Crippen molar-refractivity contribution in [1.82, 2.24) is 15.5 Å². The summed E-state index contributed by atoms with van der Waals surface area (Å²) in [6.07, 6.45) is 0.934. The smallest absolute Gasteiger partial charge is 0.191 e. The number of hydrogen-bond donors (Lipinski definition) is 2. The zero-order valence-corrected chi connectivity index (χ0v) is 14.6. The van der Waals surface area contributed by atoms with E-state index in [1.807, 2.05) is 33.2 Å². The summed E-state index contributed by atoms with van der Waals surface area (Å²) in [5, 5.41) is 6.58. The third-order valence-corrected chi connectivity index (χ3v) is 3.53. The van der Waals surface area contributed by atoms with Crippen molar-refractivity contribution in [2.75, 3.05) is 47.4 Å². The molecule has 1 aromatic carbocycles. The van der Waals surface area contributed by atoms with Gasteiger partial charge in [0.2, 0.25) is 0 Å². The highest BCUT2D eigenvalue weighted by Crippen LogP contribution is 2.17. The molecular weight excluding hydrogens is 295 g/mol. The second-order valence-electron chi connectivity index (χ2n) is 5.46. The van der Waals surface area contributed by atoms with E-state index in [4.69, 9.17) is 4.74 Å². The molecule has 0 radical (unpaired) electrons.